The van der Waals surface area contributed by atoms with Crippen LogP contribution in [0.5, 0.6) is 11.5 Å². The molecule has 0 aliphatic carbocycles. The number of carbonyl (C=O) groups is 3. The van der Waals surface area contributed by atoms with Crippen molar-refractivity contribution in [3.05, 3.63) is 118 Å². The maximum absolute atomic E-state index is 13.4. The van der Waals surface area contributed by atoms with Gasteiger partial charge in [-0.2, -0.15) is 0 Å². The molecule has 2 atom stereocenters. The van der Waals surface area contributed by atoms with Crippen molar-refractivity contribution in [1.82, 2.24) is 0 Å². The van der Waals surface area contributed by atoms with E-state index in [0.29, 0.717) is 11.5 Å². The highest BCUT2D eigenvalue weighted by Crippen LogP contribution is 2.32. The Bertz CT molecular complexity index is 1850. The second-order valence-electron chi connectivity index (χ2n) is 16.7. The lowest BCUT2D eigenvalue weighted by molar-refractivity contribution is -0.959. The molecule has 2 fully saturated rings. The molecule has 2 heterocycles. The summed E-state index contributed by atoms with van der Waals surface area (Å²) in [4.78, 5) is 35.2. The van der Waals surface area contributed by atoms with Crippen LogP contribution in [0.25, 0.3) is 0 Å². The van der Waals surface area contributed by atoms with E-state index in [9.17, 15) is 19.8 Å². The lowest BCUT2D eigenvalue weighted by Crippen LogP contribution is -2.61. The number of nitrogens with one attached hydrogen (secondary N) is 2. The van der Waals surface area contributed by atoms with E-state index in [1.165, 1.54) is 12.8 Å². The summed E-state index contributed by atoms with van der Waals surface area (Å²) in [5.41, 5.74) is 8.47. The van der Waals surface area contributed by atoms with Crippen molar-refractivity contribution in [3.63, 3.8) is 0 Å². The third-order valence-electron chi connectivity index (χ3n) is 12.4. The molecule has 11 nitrogen and oxygen atoms in total. The van der Waals surface area contributed by atoms with Crippen LogP contribution in [0.2, 0.25) is 0 Å². The molecule has 2 saturated heterocycles. The van der Waals surface area contributed by atoms with Crippen LogP contribution in [-0.4, -0.2) is 75.4 Å². The molecular weight excluding hydrogens is 757 g/mol. The van der Waals surface area contributed by atoms with Gasteiger partial charge in [0, 0.05) is 35.3 Å². The Labute approximate surface area is 356 Å². The fourth-order valence-electron chi connectivity index (χ4n) is 9.56. The van der Waals surface area contributed by atoms with Gasteiger partial charge in [0.15, 0.2) is 12.1 Å². The quantitative estimate of drug-likeness (QED) is 0.108. The second-order valence-corrected chi connectivity index (χ2v) is 16.7. The zero-order valence-electron chi connectivity index (χ0n) is 36.5. The van der Waals surface area contributed by atoms with E-state index < -0.39 is 6.16 Å². The molecule has 4 aromatic rings. The van der Waals surface area contributed by atoms with Crippen LogP contribution in [0.15, 0.2) is 84.9 Å². The number of phenols is 2. The third kappa shape index (κ3) is 12.8. The molecule has 0 radical (unpaired) electrons. The number of benzene rings is 4. The molecule has 2 amide bonds. The van der Waals surface area contributed by atoms with Crippen molar-refractivity contribution in [3.8, 4) is 11.5 Å². The molecule has 2 unspecified atom stereocenters. The Morgan fingerprint density at radius 3 is 1.13 bits per heavy atom. The third-order valence-corrected chi connectivity index (χ3v) is 12.4. The highest BCUT2D eigenvalue weighted by Gasteiger charge is 2.43. The van der Waals surface area contributed by atoms with Gasteiger partial charge >= 0.3 is 0 Å². The molecular formula is C49H66N4O7. The van der Waals surface area contributed by atoms with Crippen molar-refractivity contribution in [2.75, 3.05) is 36.8 Å². The number of aryl methyl sites for hydroxylation is 4. The summed E-state index contributed by atoms with van der Waals surface area (Å²) < 4.78 is 1.55. The number of carbonyl (C=O) groups excluding carboxylic acids is 3. The van der Waals surface area contributed by atoms with Gasteiger partial charge in [-0.05, 0) is 119 Å². The number of rotatable bonds is 12. The average Bonchev–Trinajstić information content (AvgIpc) is 3.19. The molecule has 324 valence electrons. The molecule has 60 heavy (non-hydrogen) atoms. The minimum absolute atomic E-state index is 0.0957. The fraction of sp³-hybridized carbons (Fsp3) is 0.449. The highest BCUT2D eigenvalue weighted by atomic mass is 16.6. The van der Waals surface area contributed by atoms with Crippen molar-refractivity contribution in [1.29, 1.82) is 0 Å². The normalized spacial score (nSPS) is 16.4. The van der Waals surface area contributed by atoms with Crippen molar-refractivity contribution in [2.45, 2.75) is 118 Å². The van der Waals surface area contributed by atoms with E-state index in [4.69, 9.17) is 15.0 Å². The van der Waals surface area contributed by atoms with Crippen molar-refractivity contribution >= 4 is 29.3 Å². The number of carboxylic acid groups (broad SMARTS) is 2. The Hall–Kier alpha value is -5.39. The summed E-state index contributed by atoms with van der Waals surface area (Å²) in [5, 5.41) is 43.0. The summed E-state index contributed by atoms with van der Waals surface area (Å²) in [5.74, 6) is 0.810. The minimum Gasteiger partial charge on any atom is -0.652 e. The first-order valence-electron chi connectivity index (χ1n) is 21.5. The number of amides is 2. The predicted molar refractivity (Wildman–Crippen MR) is 234 cm³/mol. The Morgan fingerprint density at radius 1 is 0.550 bits per heavy atom. The lowest BCUT2D eigenvalue weighted by atomic mass is 9.98. The molecule has 4 N–H and O–H groups in total. The number of phenolic OH excluding ortho intramolecular Hbond substituents is 2. The Kier molecular flexibility index (Phi) is 17.6. The van der Waals surface area contributed by atoms with Gasteiger partial charge in [0.1, 0.15) is 24.6 Å². The molecule has 2 aliphatic heterocycles. The van der Waals surface area contributed by atoms with E-state index >= 15 is 0 Å². The number of likely N-dealkylation sites (tertiary alicyclic amines) is 2. The van der Waals surface area contributed by atoms with Gasteiger partial charge in [0.2, 0.25) is 0 Å². The molecule has 0 spiro atoms. The van der Waals surface area contributed by atoms with E-state index in [0.717, 1.165) is 132 Å². The van der Waals surface area contributed by atoms with E-state index in [2.05, 4.69) is 36.6 Å². The van der Waals surface area contributed by atoms with Crippen molar-refractivity contribution in [2.24, 2.45) is 0 Å². The van der Waals surface area contributed by atoms with Crippen LogP contribution >= 0.6 is 0 Å². The minimum atomic E-state index is -2.33. The Balaban J connectivity index is 0.000000243. The number of anilines is 2. The lowest BCUT2D eigenvalue weighted by Gasteiger charge is -2.46. The van der Waals surface area contributed by atoms with E-state index in [-0.39, 0.29) is 23.9 Å². The monoisotopic (exact) mass is 822 g/mol. The number of para-hydroxylation sites is 2. The first-order valence-corrected chi connectivity index (χ1v) is 21.5. The molecule has 6 rings (SSSR count). The van der Waals surface area contributed by atoms with Gasteiger partial charge in [-0.25, -0.2) is 0 Å². The fourth-order valence-corrected chi connectivity index (χ4v) is 9.56. The zero-order valence-corrected chi connectivity index (χ0v) is 36.5. The predicted octanol–water partition coefficient (Wildman–Crippen LogP) is 7.41. The van der Waals surface area contributed by atoms with Crippen LogP contribution in [0, 0.1) is 27.7 Å². The molecule has 0 bridgehead atoms. The standard InChI is InChI=1S/2C24H32N2O2.CH2O3/c2*1-4-22(24(28)25-23-18(2)10-8-11-19(23)3)26(14-6-5-7-15-26)17-20-12-9-13-21(27)16-20;2-1(3)4/h2*8-13,16,22H,4-7,14-15,17H2,1-3H3,(H-,25,27,28);(H2,2,3,4). The van der Waals surface area contributed by atoms with Crippen LogP contribution in [0.3, 0.4) is 0 Å². The van der Waals surface area contributed by atoms with Gasteiger partial charge in [-0.15, -0.1) is 0 Å². The van der Waals surface area contributed by atoms with Gasteiger partial charge in [-0.3, -0.25) is 9.59 Å². The largest absolute Gasteiger partial charge is 0.652 e. The van der Waals surface area contributed by atoms with Gasteiger partial charge < -0.3 is 44.8 Å². The second kappa shape index (κ2) is 22.3. The van der Waals surface area contributed by atoms with Crippen LogP contribution < -0.4 is 20.8 Å². The molecule has 11 heteroatoms. The number of hydrogen-bond donors (Lipinski definition) is 4. The van der Waals surface area contributed by atoms with Crippen LogP contribution in [0.4, 0.5) is 16.2 Å². The number of piperidine rings is 2. The summed E-state index contributed by atoms with van der Waals surface area (Å²) in [7, 11) is 0. The molecule has 4 aromatic carbocycles. The zero-order chi connectivity index (χ0) is 43.9. The molecule has 0 aromatic heterocycles. The van der Waals surface area contributed by atoms with Gasteiger partial charge in [0.25, 0.3) is 11.8 Å². The van der Waals surface area contributed by atoms with E-state index in [1.807, 2.05) is 88.4 Å². The summed E-state index contributed by atoms with van der Waals surface area (Å²) >= 11 is 0. The number of nitrogens with zero attached hydrogens (tertiary/aromatic N) is 2. The maximum atomic E-state index is 13.4. The number of quaternary nitrogens is 2. The smallest absolute Gasteiger partial charge is 0.282 e. The van der Waals surface area contributed by atoms with Gasteiger partial charge in [-0.1, -0.05) is 74.5 Å². The first-order chi connectivity index (χ1) is 28.6. The highest BCUT2D eigenvalue weighted by molar-refractivity contribution is 5.96. The van der Waals surface area contributed by atoms with Crippen molar-refractivity contribution < 1.29 is 43.8 Å². The number of aromatic hydroxyl groups is 2. The van der Waals surface area contributed by atoms with Gasteiger partial charge in [0.05, 0.1) is 26.2 Å². The molecule has 2 aliphatic rings. The van der Waals surface area contributed by atoms with E-state index in [1.54, 1.807) is 12.1 Å². The maximum Gasteiger partial charge on any atom is 0.282 e. The summed E-state index contributed by atoms with van der Waals surface area (Å²) in [6, 6.07) is 27.0. The SMILES string of the molecule is CCC(C(=O)Nc1c(C)cccc1C)[N+]1(Cc2cccc(O)c2)CCCCC1.CCC(C(=O)Nc1c(C)cccc1C)[N+]1(Cc2cccc(O)c2)CCCCC1.O=C([O-])[O-]. The summed E-state index contributed by atoms with van der Waals surface area (Å²) in [6.45, 7) is 18.0. The molecule has 0 saturated carbocycles. The summed E-state index contributed by atoms with van der Waals surface area (Å²) in [6.07, 6.45) is 6.31. The Morgan fingerprint density at radius 2 is 0.850 bits per heavy atom. The first kappa shape index (κ1) is 47.3. The van der Waals surface area contributed by atoms with Crippen LogP contribution in [0.1, 0.15) is 98.6 Å². The topological polar surface area (TPSA) is 162 Å². The number of hydrogen-bond acceptors (Lipinski definition) is 7. The average molecular weight is 823 g/mol. The van der Waals surface area contributed by atoms with Crippen LogP contribution in [-0.2, 0) is 22.7 Å².